The minimum absolute atomic E-state index is 0.128. The zero-order chi connectivity index (χ0) is 20.1. The maximum Gasteiger partial charge on any atom is 0.245 e. The van der Waals surface area contributed by atoms with Crippen LogP contribution in [0.4, 0.5) is 0 Å². The van der Waals surface area contributed by atoms with Gasteiger partial charge in [0.1, 0.15) is 17.4 Å². The van der Waals surface area contributed by atoms with Crippen LogP contribution in [-0.4, -0.2) is 31.1 Å². The molecule has 7 nitrogen and oxygen atoms in total. The molecule has 0 spiro atoms. The van der Waals surface area contributed by atoms with Gasteiger partial charge in [0.25, 0.3) is 0 Å². The molecule has 146 valence electrons. The van der Waals surface area contributed by atoms with Crippen molar-refractivity contribution in [1.82, 2.24) is 30.5 Å². The van der Waals surface area contributed by atoms with Gasteiger partial charge in [0.05, 0.1) is 0 Å². The molecule has 1 unspecified atom stereocenters. The SMILES string of the molecule is Cc1csc(-c2cccc(CNC(=O)C(Cc3ccccc3)n3cnnn3)c2)n1. The van der Waals surface area contributed by atoms with Gasteiger partial charge in [-0.3, -0.25) is 4.79 Å². The van der Waals surface area contributed by atoms with E-state index in [1.54, 1.807) is 11.3 Å². The first-order valence-corrected chi connectivity index (χ1v) is 10.1. The van der Waals surface area contributed by atoms with E-state index in [9.17, 15) is 4.79 Å². The smallest absolute Gasteiger partial charge is 0.245 e. The number of tetrazole rings is 1. The van der Waals surface area contributed by atoms with Crippen molar-refractivity contribution in [3.8, 4) is 10.6 Å². The second kappa shape index (κ2) is 8.74. The molecule has 2 aromatic heterocycles. The first kappa shape index (κ1) is 18.9. The molecule has 4 rings (SSSR count). The molecule has 0 fully saturated rings. The summed E-state index contributed by atoms with van der Waals surface area (Å²) in [5, 5.41) is 17.3. The topological polar surface area (TPSA) is 85.6 Å². The molecule has 8 heteroatoms. The fourth-order valence-corrected chi connectivity index (χ4v) is 3.86. The number of amides is 1. The Balaban J connectivity index is 1.47. The van der Waals surface area contributed by atoms with E-state index in [4.69, 9.17) is 0 Å². The predicted octanol–water partition coefficient (Wildman–Crippen LogP) is 3.21. The van der Waals surface area contributed by atoms with E-state index >= 15 is 0 Å². The highest BCUT2D eigenvalue weighted by molar-refractivity contribution is 7.13. The summed E-state index contributed by atoms with van der Waals surface area (Å²) in [7, 11) is 0. The molecular formula is C21H20N6OS. The quantitative estimate of drug-likeness (QED) is 0.511. The first-order valence-electron chi connectivity index (χ1n) is 9.24. The Bertz CT molecular complexity index is 1080. The molecule has 2 aromatic carbocycles. The minimum atomic E-state index is -0.516. The Morgan fingerprint density at radius 2 is 1.97 bits per heavy atom. The van der Waals surface area contributed by atoms with Gasteiger partial charge < -0.3 is 5.32 Å². The Morgan fingerprint density at radius 1 is 1.14 bits per heavy atom. The zero-order valence-electron chi connectivity index (χ0n) is 15.9. The highest BCUT2D eigenvalue weighted by atomic mass is 32.1. The van der Waals surface area contributed by atoms with Crippen LogP contribution in [0, 0.1) is 6.92 Å². The van der Waals surface area contributed by atoms with Gasteiger partial charge in [0.15, 0.2) is 0 Å². The molecule has 1 amide bonds. The van der Waals surface area contributed by atoms with Gasteiger partial charge in [-0.1, -0.05) is 48.5 Å². The van der Waals surface area contributed by atoms with E-state index in [1.807, 2.05) is 60.8 Å². The number of hydrogen-bond donors (Lipinski definition) is 1. The van der Waals surface area contributed by atoms with Crippen LogP contribution in [0.5, 0.6) is 0 Å². The zero-order valence-corrected chi connectivity index (χ0v) is 16.7. The molecule has 4 aromatic rings. The van der Waals surface area contributed by atoms with Crippen LogP contribution < -0.4 is 5.32 Å². The minimum Gasteiger partial charge on any atom is -0.350 e. The van der Waals surface area contributed by atoms with Crippen molar-refractivity contribution in [1.29, 1.82) is 0 Å². The van der Waals surface area contributed by atoms with Crippen LogP contribution in [0.15, 0.2) is 66.3 Å². The van der Waals surface area contributed by atoms with Crippen LogP contribution in [-0.2, 0) is 17.8 Å². The van der Waals surface area contributed by atoms with Crippen molar-refractivity contribution in [2.75, 3.05) is 0 Å². The van der Waals surface area contributed by atoms with Crippen LogP contribution >= 0.6 is 11.3 Å². The Hall–Kier alpha value is -3.39. The summed E-state index contributed by atoms with van der Waals surface area (Å²) in [6.07, 6.45) is 1.98. The number of carbonyl (C=O) groups excluding carboxylic acids is 1. The molecule has 0 radical (unpaired) electrons. The summed E-state index contributed by atoms with van der Waals surface area (Å²) in [6, 6.07) is 17.4. The van der Waals surface area contributed by atoms with E-state index in [-0.39, 0.29) is 5.91 Å². The third-order valence-corrected chi connectivity index (χ3v) is 5.53. The summed E-state index contributed by atoms with van der Waals surface area (Å²) in [5.74, 6) is -0.128. The second-order valence-electron chi connectivity index (χ2n) is 6.71. The molecular weight excluding hydrogens is 384 g/mol. The fraction of sp³-hybridized carbons (Fsp3) is 0.190. The molecule has 2 heterocycles. The summed E-state index contributed by atoms with van der Waals surface area (Å²) in [4.78, 5) is 17.5. The Kier molecular flexibility index (Phi) is 5.71. The van der Waals surface area contributed by atoms with E-state index < -0.39 is 6.04 Å². The van der Waals surface area contributed by atoms with Gasteiger partial charge in [-0.15, -0.1) is 16.4 Å². The van der Waals surface area contributed by atoms with Gasteiger partial charge in [0, 0.05) is 29.6 Å². The molecule has 0 saturated carbocycles. The van der Waals surface area contributed by atoms with E-state index in [2.05, 4.69) is 31.9 Å². The lowest BCUT2D eigenvalue weighted by atomic mass is 10.1. The fourth-order valence-electron chi connectivity index (χ4n) is 3.06. The lowest BCUT2D eigenvalue weighted by Crippen LogP contribution is -2.34. The van der Waals surface area contributed by atoms with Crippen molar-refractivity contribution < 1.29 is 4.79 Å². The number of rotatable bonds is 7. The predicted molar refractivity (Wildman–Crippen MR) is 111 cm³/mol. The monoisotopic (exact) mass is 404 g/mol. The molecule has 0 bridgehead atoms. The third-order valence-electron chi connectivity index (χ3n) is 4.52. The summed E-state index contributed by atoms with van der Waals surface area (Å²) >= 11 is 1.62. The maximum atomic E-state index is 12.9. The van der Waals surface area contributed by atoms with Crippen molar-refractivity contribution in [3.05, 3.63) is 83.1 Å². The van der Waals surface area contributed by atoms with E-state index in [0.29, 0.717) is 13.0 Å². The highest BCUT2D eigenvalue weighted by Crippen LogP contribution is 2.24. The van der Waals surface area contributed by atoms with Crippen LogP contribution in [0.2, 0.25) is 0 Å². The first-order chi connectivity index (χ1) is 14.2. The number of nitrogens with one attached hydrogen (secondary N) is 1. The number of benzene rings is 2. The number of carbonyl (C=O) groups is 1. The molecule has 0 aliphatic carbocycles. The average molecular weight is 404 g/mol. The maximum absolute atomic E-state index is 12.9. The van der Waals surface area contributed by atoms with Crippen molar-refractivity contribution in [2.45, 2.75) is 25.9 Å². The summed E-state index contributed by atoms with van der Waals surface area (Å²) in [6.45, 7) is 2.40. The van der Waals surface area contributed by atoms with Gasteiger partial charge in [-0.05, 0) is 34.5 Å². The van der Waals surface area contributed by atoms with Gasteiger partial charge in [-0.25, -0.2) is 9.67 Å². The van der Waals surface area contributed by atoms with Crippen LogP contribution in [0.1, 0.15) is 22.9 Å². The Labute approximate surface area is 172 Å². The van der Waals surface area contributed by atoms with Crippen molar-refractivity contribution >= 4 is 17.2 Å². The standard InChI is InChI=1S/C21H20N6OS/c1-15-13-29-21(24-15)18-9-5-8-17(10-18)12-22-20(28)19(27-14-23-25-26-27)11-16-6-3-2-4-7-16/h2-10,13-14,19H,11-12H2,1H3,(H,22,28). The number of nitrogens with zero attached hydrogens (tertiary/aromatic N) is 5. The number of thiazole rings is 1. The van der Waals surface area contributed by atoms with Gasteiger partial charge >= 0.3 is 0 Å². The van der Waals surface area contributed by atoms with Crippen molar-refractivity contribution in [3.63, 3.8) is 0 Å². The van der Waals surface area contributed by atoms with Gasteiger partial charge in [0.2, 0.25) is 5.91 Å². The van der Waals surface area contributed by atoms with Crippen molar-refractivity contribution in [2.24, 2.45) is 0 Å². The molecule has 0 aliphatic rings. The third kappa shape index (κ3) is 4.72. The summed E-state index contributed by atoms with van der Waals surface area (Å²) in [5.41, 5.74) is 4.12. The highest BCUT2D eigenvalue weighted by Gasteiger charge is 2.22. The van der Waals surface area contributed by atoms with E-state index in [1.165, 1.54) is 11.0 Å². The second-order valence-corrected chi connectivity index (χ2v) is 7.57. The number of aromatic nitrogens is 5. The van der Waals surface area contributed by atoms with Gasteiger partial charge in [-0.2, -0.15) is 0 Å². The molecule has 0 aliphatic heterocycles. The Morgan fingerprint density at radius 3 is 2.69 bits per heavy atom. The molecule has 1 N–H and O–H groups in total. The van der Waals surface area contributed by atoms with E-state index in [0.717, 1.165) is 27.4 Å². The number of hydrogen-bond acceptors (Lipinski definition) is 6. The lowest BCUT2D eigenvalue weighted by molar-refractivity contribution is -0.124. The normalized spacial score (nSPS) is 11.9. The molecule has 1 atom stereocenters. The van der Waals surface area contributed by atoms with Crippen LogP contribution in [0.25, 0.3) is 10.6 Å². The largest absolute Gasteiger partial charge is 0.350 e. The number of aryl methyl sites for hydroxylation is 1. The molecule has 29 heavy (non-hydrogen) atoms. The molecule has 0 saturated heterocycles. The average Bonchev–Trinajstić information content (AvgIpc) is 3.43. The lowest BCUT2D eigenvalue weighted by Gasteiger charge is -2.16. The van der Waals surface area contributed by atoms with Crippen LogP contribution in [0.3, 0.4) is 0 Å². The summed E-state index contributed by atoms with van der Waals surface area (Å²) < 4.78 is 1.50.